The third kappa shape index (κ3) is 3.61. The highest BCUT2D eigenvalue weighted by atomic mass is 35.5. The van der Waals surface area contributed by atoms with E-state index < -0.39 is 0 Å². The van der Waals surface area contributed by atoms with E-state index in [2.05, 4.69) is 5.32 Å². The number of fused-ring (bicyclic) bond motifs is 1. The first-order chi connectivity index (χ1) is 12.1. The average Bonchev–Trinajstić information content (AvgIpc) is 3.28. The molecule has 3 N–H and O–H groups in total. The minimum Gasteiger partial charge on any atom is -0.459 e. The van der Waals surface area contributed by atoms with Crippen LogP contribution >= 0.6 is 12.4 Å². The maximum absolute atomic E-state index is 12.4. The fourth-order valence-corrected chi connectivity index (χ4v) is 3.30. The van der Waals surface area contributed by atoms with Gasteiger partial charge in [0.15, 0.2) is 5.76 Å². The van der Waals surface area contributed by atoms with E-state index in [0.717, 1.165) is 24.1 Å². The Morgan fingerprint density at radius 1 is 1.31 bits per heavy atom. The monoisotopic (exact) mass is 375 g/mol. The smallest absolute Gasteiger partial charge is 0.287 e. The Bertz CT molecular complexity index is 816. The predicted molar refractivity (Wildman–Crippen MR) is 100 cm³/mol. The molecule has 138 valence electrons. The van der Waals surface area contributed by atoms with Crippen LogP contribution in [0.2, 0.25) is 0 Å². The Balaban J connectivity index is 0.00000196. The number of nitrogens with two attached hydrogens (primary N) is 1. The van der Waals surface area contributed by atoms with Gasteiger partial charge < -0.3 is 20.4 Å². The van der Waals surface area contributed by atoms with E-state index in [0.29, 0.717) is 31.0 Å². The summed E-state index contributed by atoms with van der Waals surface area (Å²) in [5, 5.41) is 2.84. The van der Waals surface area contributed by atoms with Gasteiger partial charge in [0.05, 0.1) is 19.2 Å². The van der Waals surface area contributed by atoms with Gasteiger partial charge in [-0.25, -0.2) is 0 Å². The van der Waals surface area contributed by atoms with Crippen molar-refractivity contribution in [1.82, 2.24) is 5.32 Å². The molecule has 1 unspecified atom stereocenters. The molecule has 1 aliphatic carbocycles. The molecule has 0 bridgehead atoms. The van der Waals surface area contributed by atoms with Crippen molar-refractivity contribution in [2.45, 2.75) is 31.8 Å². The van der Waals surface area contributed by atoms with Crippen molar-refractivity contribution in [3.05, 3.63) is 53.5 Å². The number of nitrogens with one attached hydrogen (secondary N) is 1. The molecular formula is C19H22ClN3O3. The number of anilines is 1. The zero-order chi connectivity index (χ0) is 17.4. The number of halogens is 1. The van der Waals surface area contributed by atoms with E-state index >= 15 is 0 Å². The van der Waals surface area contributed by atoms with Crippen LogP contribution in [0.5, 0.6) is 0 Å². The number of carbonyl (C=O) groups is 2. The standard InChI is InChI=1S/C19H21N3O3.ClH/c20-15(12-5-6-12)10-21-19(24)18-14(7-8-25-18)11-22-16-4-2-1-3-13(16)9-17(22)23;/h1-4,7-8,12,15H,5-6,9-11,20H2,(H,21,24);1H. The Hall–Kier alpha value is -2.31. The summed E-state index contributed by atoms with van der Waals surface area (Å²) in [6, 6.07) is 9.45. The fraction of sp³-hybridized carbons (Fsp3) is 0.368. The van der Waals surface area contributed by atoms with Crippen molar-refractivity contribution in [3.8, 4) is 0 Å². The lowest BCUT2D eigenvalue weighted by molar-refractivity contribution is -0.117. The molecule has 1 aromatic carbocycles. The lowest BCUT2D eigenvalue weighted by Crippen LogP contribution is -2.39. The molecule has 1 aliphatic heterocycles. The molecule has 2 aliphatic rings. The van der Waals surface area contributed by atoms with Crippen molar-refractivity contribution in [2.24, 2.45) is 11.7 Å². The quantitative estimate of drug-likeness (QED) is 0.810. The lowest BCUT2D eigenvalue weighted by Gasteiger charge is -2.17. The molecule has 4 rings (SSSR count). The highest BCUT2D eigenvalue weighted by Crippen LogP contribution is 2.32. The molecule has 1 fully saturated rings. The van der Waals surface area contributed by atoms with E-state index in [9.17, 15) is 9.59 Å². The van der Waals surface area contributed by atoms with Crippen molar-refractivity contribution < 1.29 is 14.0 Å². The molecule has 1 saturated carbocycles. The molecule has 2 heterocycles. The first-order valence-corrected chi connectivity index (χ1v) is 8.62. The third-order valence-corrected chi connectivity index (χ3v) is 4.93. The normalized spacial score (nSPS) is 16.8. The highest BCUT2D eigenvalue weighted by Gasteiger charge is 2.30. The Morgan fingerprint density at radius 2 is 2.08 bits per heavy atom. The van der Waals surface area contributed by atoms with E-state index in [-0.39, 0.29) is 36.0 Å². The lowest BCUT2D eigenvalue weighted by atomic mass is 10.1. The zero-order valence-corrected chi connectivity index (χ0v) is 15.1. The Morgan fingerprint density at radius 3 is 2.85 bits per heavy atom. The van der Waals surface area contributed by atoms with E-state index in [4.69, 9.17) is 10.2 Å². The van der Waals surface area contributed by atoms with Crippen LogP contribution in [0.4, 0.5) is 5.69 Å². The van der Waals surface area contributed by atoms with Gasteiger partial charge in [0.25, 0.3) is 5.91 Å². The second-order valence-corrected chi connectivity index (χ2v) is 6.77. The largest absolute Gasteiger partial charge is 0.459 e. The number of furan rings is 1. The zero-order valence-electron chi connectivity index (χ0n) is 14.3. The summed E-state index contributed by atoms with van der Waals surface area (Å²) in [5.41, 5.74) is 8.63. The third-order valence-electron chi connectivity index (χ3n) is 4.93. The minimum absolute atomic E-state index is 0. The maximum atomic E-state index is 12.4. The first kappa shape index (κ1) is 18.5. The van der Waals surface area contributed by atoms with Gasteiger partial charge in [-0.15, -0.1) is 12.4 Å². The molecule has 6 nitrogen and oxygen atoms in total. The van der Waals surface area contributed by atoms with Gasteiger partial charge in [-0.2, -0.15) is 0 Å². The van der Waals surface area contributed by atoms with Gasteiger partial charge in [0.1, 0.15) is 0 Å². The van der Waals surface area contributed by atoms with Crippen LogP contribution in [0.1, 0.15) is 34.5 Å². The molecular weight excluding hydrogens is 354 g/mol. The van der Waals surface area contributed by atoms with Crippen LogP contribution < -0.4 is 16.0 Å². The van der Waals surface area contributed by atoms with Gasteiger partial charge >= 0.3 is 0 Å². The van der Waals surface area contributed by atoms with Gasteiger partial charge in [0, 0.05) is 23.8 Å². The number of nitrogens with zero attached hydrogens (tertiary/aromatic N) is 1. The van der Waals surface area contributed by atoms with Crippen LogP contribution in [0.3, 0.4) is 0 Å². The second-order valence-electron chi connectivity index (χ2n) is 6.77. The molecule has 0 radical (unpaired) electrons. The number of rotatable bonds is 6. The number of hydrogen-bond donors (Lipinski definition) is 2. The summed E-state index contributed by atoms with van der Waals surface area (Å²) in [6.07, 6.45) is 4.16. The summed E-state index contributed by atoms with van der Waals surface area (Å²) in [5.74, 6) is 0.524. The van der Waals surface area contributed by atoms with Crippen LogP contribution in [-0.2, 0) is 17.8 Å². The van der Waals surface area contributed by atoms with Crippen molar-refractivity contribution in [3.63, 3.8) is 0 Å². The van der Waals surface area contributed by atoms with E-state index in [1.54, 1.807) is 11.0 Å². The molecule has 0 spiro atoms. The number of hydrogen-bond acceptors (Lipinski definition) is 4. The summed E-state index contributed by atoms with van der Waals surface area (Å²) < 4.78 is 5.38. The maximum Gasteiger partial charge on any atom is 0.287 e. The molecule has 1 atom stereocenters. The minimum atomic E-state index is -0.281. The fourth-order valence-electron chi connectivity index (χ4n) is 3.30. The molecule has 2 amide bonds. The van der Waals surface area contributed by atoms with Gasteiger partial charge in [-0.05, 0) is 36.5 Å². The van der Waals surface area contributed by atoms with Gasteiger partial charge in [-0.3, -0.25) is 9.59 Å². The molecule has 1 aromatic heterocycles. The summed E-state index contributed by atoms with van der Waals surface area (Å²) in [7, 11) is 0. The molecule has 26 heavy (non-hydrogen) atoms. The van der Waals surface area contributed by atoms with Crippen LogP contribution in [0.25, 0.3) is 0 Å². The van der Waals surface area contributed by atoms with Gasteiger partial charge in [-0.1, -0.05) is 18.2 Å². The van der Waals surface area contributed by atoms with E-state index in [1.165, 1.54) is 6.26 Å². The number of amides is 2. The molecule has 2 aromatic rings. The number of carbonyl (C=O) groups excluding carboxylic acids is 2. The second kappa shape index (κ2) is 7.51. The number of para-hydroxylation sites is 1. The SMILES string of the molecule is Cl.NC(CNC(=O)c1occc1CN1C(=O)Cc2ccccc21)C1CC1. The number of benzene rings is 1. The predicted octanol–water partition coefficient (Wildman–Crippen LogP) is 2.26. The summed E-state index contributed by atoms with van der Waals surface area (Å²) in [4.78, 5) is 26.4. The van der Waals surface area contributed by atoms with Crippen LogP contribution in [0.15, 0.2) is 41.0 Å². The Labute approximate surface area is 158 Å². The topological polar surface area (TPSA) is 88.6 Å². The average molecular weight is 376 g/mol. The summed E-state index contributed by atoms with van der Waals surface area (Å²) >= 11 is 0. The van der Waals surface area contributed by atoms with E-state index in [1.807, 2.05) is 24.3 Å². The van der Waals surface area contributed by atoms with Crippen LogP contribution in [-0.4, -0.2) is 24.4 Å². The summed E-state index contributed by atoms with van der Waals surface area (Å²) in [6.45, 7) is 0.763. The Kier molecular flexibility index (Phi) is 5.34. The molecule has 7 heteroatoms. The van der Waals surface area contributed by atoms with Crippen molar-refractivity contribution in [2.75, 3.05) is 11.4 Å². The van der Waals surface area contributed by atoms with Crippen LogP contribution in [0, 0.1) is 5.92 Å². The van der Waals surface area contributed by atoms with Crippen molar-refractivity contribution in [1.29, 1.82) is 0 Å². The van der Waals surface area contributed by atoms with Gasteiger partial charge in [0.2, 0.25) is 5.91 Å². The molecule has 0 saturated heterocycles. The van der Waals surface area contributed by atoms with Crippen molar-refractivity contribution >= 4 is 29.9 Å². The first-order valence-electron chi connectivity index (χ1n) is 8.62. The highest BCUT2D eigenvalue weighted by molar-refractivity contribution is 6.01.